The van der Waals surface area contributed by atoms with E-state index in [1.54, 1.807) is 22.7 Å². The van der Waals surface area contributed by atoms with E-state index in [9.17, 15) is 0 Å². The van der Waals surface area contributed by atoms with Crippen LogP contribution in [0.15, 0.2) is 29.1 Å². The SMILES string of the molecule is Cc1nc(CCNC(C)c2cnc3ccsc3c2)cs1. The van der Waals surface area contributed by atoms with E-state index in [1.807, 2.05) is 13.1 Å². The van der Waals surface area contributed by atoms with Crippen LogP contribution in [-0.4, -0.2) is 16.5 Å². The summed E-state index contributed by atoms with van der Waals surface area (Å²) < 4.78 is 1.26. The summed E-state index contributed by atoms with van der Waals surface area (Å²) in [5, 5.41) is 8.91. The molecule has 20 heavy (non-hydrogen) atoms. The molecule has 3 nitrogen and oxygen atoms in total. The Bertz CT molecular complexity index is 702. The van der Waals surface area contributed by atoms with E-state index >= 15 is 0 Å². The summed E-state index contributed by atoms with van der Waals surface area (Å²) in [4.78, 5) is 8.97. The Balaban J connectivity index is 1.59. The summed E-state index contributed by atoms with van der Waals surface area (Å²) in [6.07, 6.45) is 2.95. The molecule has 1 N–H and O–H groups in total. The quantitative estimate of drug-likeness (QED) is 0.775. The molecular formula is C15H17N3S2. The van der Waals surface area contributed by atoms with E-state index in [0.29, 0.717) is 6.04 Å². The van der Waals surface area contributed by atoms with Crippen molar-refractivity contribution in [2.75, 3.05) is 6.54 Å². The van der Waals surface area contributed by atoms with Crippen LogP contribution in [0.4, 0.5) is 0 Å². The third kappa shape index (κ3) is 3.06. The summed E-state index contributed by atoms with van der Waals surface area (Å²) in [5.74, 6) is 0. The zero-order valence-corrected chi connectivity index (χ0v) is 13.2. The second kappa shape index (κ2) is 5.99. The lowest BCUT2D eigenvalue weighted by Gasteiger charge is -2.13. The molecule has 0 aliphatic heterocycles. The minimum atomic E-state index is 0.314. The maximum absolute atomic E-state index is 4.49. The second-order valence-corrected chi connectivity index (χ2v) is 6.87. The van der Waals surface area contributed by atoms with Gasteiger partial charge in [0.1, 0.15) is 0 Å². The van der Waals surface area contributed by atoms with Gasteiger partial charge in [0.15, 0.2) is 0 Å². The summed E-state index contributed by atoms with van der Waals surface area (Å²) >= 11 is 3.46. The molecule has 0 saturated heterocycles. The van der Waals surface area contributed by atoms with Crippen molar-refractivity contribution in [2.45, 2.75) is 26.3 Å². The highest BCUT2D eigenvalue weighted by Crippen LogP contribution is 2.22. The van der Waals surface area contributed by atoms with Crippen molar-refractivity contribution in [3.8, 4) is 0 Å². The molecule has 3 aromatic heterocycles. The van der Waals surface area contributed by atoms with Crippen molar-refractivity contribution < 1.29 is 0 Å². The molecule has 1 atom stereocenters. The van der Waals surface area contributed by atoms with E-state index in [1.165, 1.54) is 16.0 Å². The second-order valence-electron chi connectivity index (χ2n) is 4.86. The largest absolute Gasteiger partial charge is 0.310 e. The molecule has 0 saturated carbocycles. The molecule has 0 aliphatic rings. The Morgan fingerprint density at radius 1 is 1.35 bits per heavy atom. The van der Waals surface area contributed by atoms with Crippen molar-refractivity contribution in [3.05, 3.63) is 45.4 Å². The van der Waals surface area contributed by atoms with Gasteiger partial charge in [-0.1, -0.05) is 0 Å². The van der Waals surface area contributed by atoms with Gasteiger partial charge >= 0.3 is 0 Å². The van der Waals surface area contributed by atoms with Crippen LogP contribution in [0.25, 0.3) is 10.2 Å². The highest BCUT2D eigenvalue weighted by atomic mass is 32.1. The third-order valence-electron chi connectivity index (χ3n) is 3.32. The molecule has 0 spiro atoms. The maximum Gasteiger partial charge on any atom is 0.0897 e. The zero-order valence-electron chi connectivity index (χ0n) is 11.6. The first-order valence-electron chi connectivity index (χ1n) is 6.70. The zero-order chi connectivity index (χ0) is 13.9. The fourth-order valence-corrected chi connectivity index (χ4v) is 3.59. The number of aryl methyl sites for hydroxylation is 1. The molecule has 3 rings (SSSR count). The number of pyridine rings is 1. The van der Waals surface area contributed by atoms with Gasteiger partial charge in [-0.2, -0.15) is 0 Å². The van der Waals surface area contributed by atoms with Gasteiger partial charge in [-0.15, -0.1) is 22.7 Å². The smallest absolute Gasteiger partial charge is 0.0897 e. The van der Waals surface area contributed by atoms with Crippen LogP contribution < -0.4 is 5.32 Å². The Labute approximate surface area is 126 Å². The van der Waals surface area contributed by atoms with Gasteiger partial charge in [-0.05, 0) is 36.9 Å². The third-order valence-corrected chi connectivity index (χ3v) is 5.00. The monoisotopic (exact) mass is 303 g/mol. The molecule has 0 aromatic carbocycles. The Morgan fingerprint density at radius 2 is 2.25 bits per heavy atom. The molecule has 0 fully saturated rings. The number of rotatable bonds is 5. The number of fused-ring (bicyclic) bond motifs is 1. The summed E-state index contributed by atoms with van der Waals surface area (Å²) in [7, 11) is 0. The van der Waals surface area contributed by atoms with Crippen LogP contribution in [0.5, 0.6) is 0 Å². The van der Waals surface area contributed by atoms with E-state index in [-0.39, 0.29) is 0 Å². The van der Waals surface area contributed by atoms with Crippen LogP contribution >= 0.6 is 22.7 Å². The predicted octanol–water partition coefficient (Wildman–Crippen LogP) is 3.95. The average Bonchev–Trinajstić information content (AvgIpc) is 3.06. The van der Waals surface area contributed by atoms with Crippen LogP contribution in [0, 0.1) is 6.92 Å². The van der Waals surface area contributed by atoms with Gasteiger partial charge in [0, 0.05) is 30.6 Å². The maximum atomic E-state index is 4.49. The molecule has 0 radical (unpaired) electrons. The Morgan fingerprint density at radius 3 is 3.05 bits per heavy atom. The lowest BCUT2D eigenvalue weighted by molar-refractivity contribution is 0.573. The van der Waals surface area contributed by atoms with Crippen LogP contribution in [0.2, 0.25) is 0 Å². The number of hydrogen-bond donors (Lipinski definition) is 1. The fraction of sp³-hybridized carbons (Fsp3) is 0.333. The molecule has 0 bridgehead atoms. The normalized spacial score (nSPS) is 12.9. The molecule has 5 heteroatoms. The topological polar surface area (TPSA) is 37.8 Å². The minimum absolute atomic E-state index is 0.314. The lowest BCUT2D eigenvalue weighted by atomic mass is 10.1. The number of thiazole rings is 1. The molecule has 1 unspecified atom stereocenters. The number of nitrogens with one attached hydrogen (secondary N) is 1. The first-order chi connectivity index (χ1) is 9.72. The number of aromatic nitrogens is 2. The highest BCUT2D eigenvalue weighted by molar-refractivity contribution is 7.17. The van der Waals surface area contributed by atoms with Crippen LogP contribution in [-0.2, 0) is 6.42 Å². The van der Waals surface area contributed by atoms with Crippen molar-refractivity contribution >= 4 is 32.9 Å². The average molecular weight is 303 g/mol. The van der Waals surface area contributed by atoms with Crippen molar-refractivity contribution in [1.29, 1.82) is 0 Å². The van der Waals surface area contributed by atoms with Gasteiger partial charge in [0.05, 0.1) is 20.9 Å². The highest BCUT2D eigenvalue weighted by Gasteiger charge is 2.07. The number of hydrogen-bond acceptors (Lipinski definition) is 5. The first-order valence-corrected chi connectivity index (χ1v) is 8.46. The van der Waals surface area contributed by atoms with Gasteiger partial charge in [-0.25, -0.2) is 4.98 Å². The van der Waals surface area contributed by atoms with Gasteiger partial charge in [0.2, 0.25) is 0 Å². The molecular weight excluding hydrogens is 286 g/mol. The molecule has 0 amide bonds. The summed E-state index contributed by atoms with van der Waals surface area (Å²) in [5.41, 5.74) is 3.51. The van der Waals surface area contributed by atoms with Gasteiger partial charge < -0.3 is 5.32 Å². The van der Waals surface area contributed by atoms with E-state index < -0.39 is 0 Å². The van der Waals surface area contributed by atoms with Crippen molar-refractivity contribution in [1.82, 2.24) is 15.3 Å². The van der Waals surface area contributed by atoms with E-state index in [2.05, 4.69) is 45.1 Å². The van der Waals surface area contributed by atoms with E-state index in [0.717, 1.165) is 23.5 Å². The van der Waals surface area contributed by atoms with Gasteiger partial charge in [-0.3, -0.25) is 4.98 Å². The van der Waals surface area contributed by atoms with E-state index in [4.69, 9.17) is 0 Å². The van der Waals surface area contributed by atoms with Gasteiger partial charge in [0.25, 0.3) is 0 Å². The predicted molar refractivity (Wildman–Crippen MR) is 86.6 cm³/mol. The summed E-state index contributed by atoms with van der Waals surface area (Å²) in [6, 6.07) is 4.61. The van der Waals surface area contributed by atoms with Crippen molar-refractivity contribution in [3.63, 3.8) is 0 Å². The lowest BCUT2D eigenvalue weighted by Crippen LogP contribution is -2.21. The molecule has 3 aromatic rings. The minimum Gasteiger partial charge on any atom is -0.310 e. The molecule has 0 aliphatic carbocycles. The molecule has 3 heterocycles. The van der Waals surface area contributed by atoms with Crippen LogP contribution in [0.3, 0.4) is 0 Å². The van der Waals surface area contributed by atoms with Crippen molar-refractivity contribution in [2.24, 2.45) is 0 Å². The summed E-state index contributed by atoms with van der Waals surface area (Å²) in [6.45, 7) is 5.17. The number of thiophene rings is 1. The standard InChI is InChI=1S/C15H17N3S2/c1-10(16-5-3-13-9-20-11(2)18-13)12-7-15-14(17-8-12)4-6-19-15/h4,6-10,16H,3,5H2,1-2H3. The number of nitrogens with zero attached hydrogens (tertiary/aromatic N) is 2. The first kappa shape index (κ1) is 13.7. The molecule has 104 valence electrons. The Hall–Kier alpha value is -1.30. The Kier molecular flexibility index (Phi) is 4.10. The van der Waals surface area contributed by atoms with Crippen LogP contribution in [0.1, 0.15) is 29.2 Å². The fourth-order valence-electron chi connectivity index (χ4n) is 2.16.